The Morgan fingerprint density at radius 3 is 2.50 bits per heavy atom. The van der Waals surface area contributed by atoms with E-state index in [0.717, 1.165) is 5.56 Å². The van der Waals surface area contributed by atoms with Crippen molar-refractivity contribution < 1.29 is 14.7 Å². The summed E-state index contributed by atoms with van der Waals surface area (Å²) in [7, 11) is 0. The number of urea groups is 1. The number of hydrogen-bond donors (Lipinski definition) is 3. The molecule has 0 fully saturated rings. The van der Waals surface area contributed by atoms with Crippen LogP contribution in [-0.2, 0) is 4.79 Å². The first-order chi connectivity index (χ1) is 9.31. The third kappa shape index (κ3) is 4.85. The lowest BCUT2D eigenvalue weighted by Crippen LogP contribution is -2.38. The Labute approximate surface area is 123 Å². The summed E-state index contributed by atoms with van der Waals surface area (Å²) in [5.41, 5.74) is 1.13. The normalized spacial score (nSPS) is 13.6. The van der Waals surface area contributed by atoms with Crippen molar-refractivity contribution in [3.63, 3.8) is 0 Å². The number of nitrogens with one attached hydrogen (secondary N) is 2. The van der Waals surface area contributed by atoms with Crippen LogP contribution in [0.3, 0.4) is 0 Å². The lowest BCUT2D eigenvalue weighted by atomic mass is 10.1. The van der Waals surface area contributed by atoms with Gasteiger partial charge in [-0.3, -0.25) is 4.79 Å². The Hall–Kier alpha value is -1.56. The molecule has 0 aliphatic rings. The van der Waals surface area contributed by atoms with Crippen LogP contribution in [0.5, 0.6) is 0 Å². The Morgan fingerprint density at radius 1 is 1.35 bits per heavy atom. The van der Waals surface area contributed by atoms with Gasteiger partial charge in [0.2, 0.25) is 0 Å². The van der Waals surface area contributed by atoms with Crippen LogP contribution in [0.2, 0.25) is 0 Å². The summed E-state index contributed by atoms with van der Waals surface area (Å²) in [5.74, 6) is -1.29. The molecule has 5 nitrogen and oxygen atoms in total. The van der Waals surface area contributed by atoms with E-state index in [0.29, 0.717) is 13.0 Å². The zero-order valence-corrected chi connectivity index (χ0v) is 13.1. The van der Waals surface area contributed by atoms with Gasteiger partial charge in [-0.05, 0) is 38.8 Å². The van der Waals surface area contributed by atoms with E-state index in [-0.39, 0.29) is 12.1 Å². The molecule has 2 atom stereocenters. The van der Waals surface area contributed by atoms with Crippen LogP contribution in [0, 0.1) is 19.8 Å². The van der Waals surface area contributed by atoms with Gasteiger partial charge >= 0.3 is 12.0 Å². The number of aryl methyl sites for hydroxylation is 2. The van der Waals surface area contributed by atoms with Gasteiger partial charge in [0, 0.05) is 16.3 Å². The summed E-state index contributed by atoms with van der Waals surface area (Å²) in [6, 6.07) is 1.76. The van der Waals surface area contributed by atoms with Crippen LogP contribution in [0.4, 0.5) is 4.79 Å². The number of carbonyl (C=O) groups is 2. The Kier molecular flexibility index (Phi) is 6.01. The molecule has 0 aromatic carbocycles. The maximum absolute atomic E-state index is 11.7. The molecular weight excluding hydrogens is 276 g/mol. The van der Waals surface area contributed by atoms with Crippen molar-refractivity contribution in [2.45, 2.75) is 40.2 Å². The fourth-order valence-corrected chi connectivity index (χ4v) is 2.95. The van der Waals surface area contributed by atoms with Crippen LogP contribution in [0.25, 0.3) is 0 Å². The summed E-state index contributed by atoms with van der Waals surface area (Å²) in [6.45, 7) is 8.00. The van der Waals surface area contributed by atoms with Crippen molar-refractivity contribution >= 4 is 23.3 Å². The van der Waals surface area contributed by atoms with Crippen molar-refractivity contribution in [3.8, 4) is 0 Å². The molecule has 2 amide bonds. The standard InChI is InChI=1S/C14H22N2O3S/c1-8(13(17)18)5-6-15-14(19)16-10(3)12-7-9(2)20-11(12)4/h7-8,10H,5-6H2,1-4H3,(H,17,18)(H2,15,16,19). The third-order valence-electron chi connectivity index (χ3n) is 3.18. The van der Waals surface area contributed by atoms with Crippen molar-refractivity contribution in [3.05, 3.63) is 21.4 Å². The highest BCUT2D eigenvalue weighted by Crippen LogP contribution is 2.25. The second kappa shape index (κ2) is 7.28. The minimum Gasteiger partial charge on any atom is -0.481 e. The number of hydrogen-bond acceptors (Lipinski definition) is 3. The van der Waals surface area contributed by atoms with E-state index in [4.69, 9.17) is 5.11 Å². The molecular formula is C14H22N2O3S. The van der Waals surface area contributed by atoms with Crippen LogP contribution in [0.1, 0.15) is 41.6 Å². The van der Waals surface area contributed by atoms with Crippen molar-refractivity contribution in [1.29, 1.82) is 0 Å². The third-order valence-corrected chi connectivity index (χ3v) is 4.16. The highest BCUT2D eigenvalue weighted by atomic mass is 32.1. The highest BCUT2D eigenvalue weighted by molar-refractivity contribution is 7.12. The van der Waals surface area contributed by atoms with Crippen molar-refractivity contribution in [1.82, 2.24) is 10.6 Å². The van der Waals surface area contributed by atoms with E-state index in [1.54, 1.807) is 18.3 Å². The Balaban J connectivity index is 2.39. The number of rotatable bonds is 6. The summed E-state index contributed by atoms with van der Waals surface area (Å²) in [6.07, 6.45) is 0.424. The molecule has 3 N–H and O–H groups in total. The first kappa shape index (κ1) is 16.5. The number of amides is 2. The average molecular weight is 298 g/mol. The van der Waals surface area contributed by atoms with E-state index < -0.39 is 11.9 Å². The minimum absolute atomic E-state index is 0.0585. The summed E-state index contributed by atoms with van der Waals surface area (Å²) in [4.78, 5) is 24.8. The molecule has 1 aromatic heterocycles. The van der Waals surface area contributed by atoms with Gasteiger partial charge < -0.3 is 15.7 Å². The zero-order chi connectivity index (χ0) is 15.3. The summed E-state index contributed by atoms with van der Waals surface area (Å²) >= 11 is 1.71. The first-order valence-electron chi connectivity index (χ1n) is 6.65. The SMILES string of the molecule is Cc1cc(C(C)NC(=O)NCCC(C)C(=O)O)c(C)s1. The second-order valence-corrected chi connectivity index (χ2v) is 6.48. The van der Waals surface area contributed by atoms with Crippen LogP contribution < -0.4 is 10.6 Å². The van der Waals surface area contributed by atoms with Gasteiger partial charge in [-0.1, -0.05) is 6.92 Å². The highest BCUT2D eigenvalue weighted by Gasteiger charge is 2.14. The molecule has 0 spiro atoms. The molecule has 0 radical (unpaired) electrons. The molecule has 2 unspecified atom stereocenters. The van der Waals surface area contributed by atoms with Gasteiger partial charge in [-0.2, -0.15) is 0 Å². The monoisotopic (exact) mass is 298 g/mol. The molecule has 20 heavy (non-hydrogen) atoms. The van der Waals surface area contributed by atoms with Gasteiger partial charge in [0.25, 0.3) is 0 Å². The van der Waals surface area contributed by atoms with Gasteiger partial charge in [-0.25, -0.2) is 4.79 Å². The quantitative estimate of drug-likeness (QED) is 0.755. The van der Waals surface area contributed by atoms with Gasteiger partial charge in [0.1, 0.15) is 0 Å². The van der Waals surface area contributed by atoms with Crippen molar-refractivity contribution in [2.75, 3.05) is 6.54 Å². The average Bonchev–Trinajstić information content (AvgIpc) is 2.68. The number of carboxylic acids is 1. The molecule has 0 bridgehead atoms. The minimum atomic E-state index is -0.843. The summed E-state index contributed by atoms with van der Waals surface area (Å²) in [5, 5.41) is 14.3. The van der Waals surface area contributed by atoms with E-state index in [2.05, 4.69) is 16.7 Å². The van der Waals surface area contributed by atoms with Gasteiger partial charge in [-0.15, -0.1) is 11.3 Å². The fraction of sp³-hybridized carbons (Fsp3) is 0.571. The smallest absolute Gasteiger partial charge is 0.315 e. The number of thiophene rings is 1. The molecule has 1 rings (SSSR count). The maximum atomic E-state index is 11.7. The number of carboxylic acid groups (broad SMARTS) is 1. The van der Waals surface area contributed by atoms with E-state index >= 15 is 0 Å². The molecule has 0 saturated heterocycles. The largest absolute Gasteiger partial charge is 0.481 e. The van der Waals surface area contributed by atoms with Gasteiger partial charge in [0.15, 0.2) is 0 Å². The predicted octanol–water partition coefficient (Wildman–Crippen LogP) is 2.84. The fourth-order valence-electron chi connectivity index (χ4n) is 1.93. The molecule has 0 aliphatic carbocycles. The molecule has 6 heteroatoms. The lowest BCUT2D eigenvalue weighted by Gasteiger charge is -2.15. The Bertz CT molecular complexity index is 485. The van der Waals surface area contributed by atoms with E-state index in [1.165, 1.54) is 9.75 Å². The second-order valence-electron chi connectivity index (χ2n) is 5.02. The van der Waals surface area contributed by atoms with Gasteiger partial charge in [0.05, 0.1) is 12.0 Å². The molecule has 1 heterocycles. The van der Waals surface area contributed by atoms with Crippen LogP contribution in [0.15, 0.2) is 6.07 Å². The predicted molar refractivity (Wildman–Crippen MR) is 80.2 cm³/mol. The van der Waals surface area contributed by atoms with Crippen LogP contribution in [-0.4, -0.2) is 23.7 Å². The van der Waals surface area contributed by atoms with E-state index in [1.807, 2.05) is 20.8 Å². The molecule has 1 aromatic rings. The summed E-state index contributed by atoms with van der Waals surface area (Å²) < 4.78 is 0. The van der Waals surface area contributed by atoms with Crippen LogP contribution >= 0.6 is 11.3 Å². The molecule has 112 valence electrons. The zero-order valence-electron chi connectivity index (χ0n) is 12.3. The first-order valence-corrected chi connectivity index (χ1v) is 7.47. The lowest BCUT2D eigenvalue weighted by molar-refractivity contribution is -0.141. The van der Waals surface area contributed by atoms with Crippen molar-refractivity contribution in [2.24, 2.45) is 5.92 Å². The molecule has 0 aliphatic heterocycles. The number of aliphatic carboxylic acids is 1. The van der Waals surface area contributed by atoms with E-state index in [9.17, 15) is 9.59 Å². The maximum Gasteiger partial charge on any atom is 0.315 e. The number of carbonyl (C=O) groups excluding carboxylic acids is 1. The molecule has 0 saturated carbocycles. The topological polar surface area (TPSA) is 78.4 Å². The Morgan fingerprint density at radius 2 is 2.00 bits per heavy atom.